The molecule has 0 bridgehead atoms. The highest BCUT2D eigenvalue weighted by Gasteiger charge is 2.16. The second kappa shape index (κ2) is 10.7. The summed E-state index contributed by atoms with van der Waals surface area (Å²) in [6, 6.07) is 8.79. The number of hydrogen-bond acceptors (Lipinski definition) is 3. The Balaban J connectivity index is 1.79. The molecule has 6 nitrogen and oxygen atoms in total. The van der Waals surface area contributed by atoms with Crippen LogP contribution in [0.25, 0.3) is 0 Å². The number of benzene rings is 1. The fourth-order valence-corrected chi connectivity index (χ4v) is 3.07. The molecule has 3 N–H and O–H groups in total. The number of piperazine rings is 1. The van der Waals surface area contributed by atoms with Crippen LogP contribution in [0.3, 0.4) is 0 Å². The van der Waals surface area contributed by atoms with Crippen LogP contribution in [0.15, 0.2) is 29.3 Å². The van der Waals surface area contributed by atoms with E-state index >= 15 is 0 Å². The number of nitrogens with one attached hydrogen (secondary N) is 3. The van der Waals surface area contributed by atoms with Crippen molar-refractivity contribution >= 4 is 17.6 Å². The Morgan fingerprint density at radius 3 is 2.73 bits per heavy atom. The van der Waals surface area contributed by atoms with Crippen LogP contribution in [0.4, 0.5) is 5.69 Å². The van der Waals surface area contributed by atoms with Gasteiger partial charge in [-0.3, -0.25) is 9.79 Å². The third kappa shape index (κ3) is 6.58. The molecule has 2 rings (SSSR count). The number of unbranched alkanes of at least 4 members (excludes halogenated alkanes) is 2. The highest BCUT2D eigenvalue weighted by Crippen LogP contribution is 2.16. The summed E-state index contributed by atoms with van der Waals surface area (Å²) in [5.74, 6) is 0.927. The quantitative estimate of drug-likeness (QED) is 0.378. The second-order valence-electron chi connectivity index (χ2n) is 6.90. The van der Waals surface area contributed by atoms with Gasteiger partial charge in [-0.25, -0.2) is 0 Å². The van der Waals surface area contributed by atoms with Crippen LogP contribution in [0, 0.1) is 0 Å². The minimum atomic E-state index is 0.0879. The maximum Gasteiger partial charge on any atom is 0.239 e. The van der Waals surface area contributed by atoms with E-state index < -0.39 is 0 Å². The lowest BCUT2D eigenvalue weighted by Crippen LogP contribution is -2.47. The van der Waals surface area contributed by atoms with Gasteiger partial charge in [0.25, 0.3) is 0 Å². The molecule has 1 fully saturated rings. The normalized spacial score (nSPS) is 16.2. The molecule has 0 spiro atoms. The van der Waals surface area contributed by atoms with E-state index in [1.807, 2.05) is 0 Å². The Labute approximate surface area is 157 Å². The lowest BCUT2D eigenvalue weighted by Gasteiger charge is -2.28. The first kappa shape index (κ1) is 20.1. The Hall–Kier alpha value is -2.24. The number of carbonyl (C=O) groups excluding carboxylic acids is 1. The van der Waals surface area contributed by atoms with E-state index in [0.717, 1.165) is 31.2 Å². The summed E-state index contributed by atoms with van der Waals surface area (Å²) in [6.07, 6.45) is 4.94. The third-order valence-electron chi connectivity index (χ3n) is 4.65. The van der Waals surface area contributed by atoms with E-state index in [2.05, 4.69) is 64.0 Å². The molecule has 144 valence electrons. The molecule has 0 saturated carbocycles. The molecule has 0 aromatic heterocycles. The number of rotatable bonds is 8. The highest BCUT2D eigenvalue weighted by atomic mass is 16.2. The Bertz CT molecular complexity index is 584. The SMILES string of the molecule is CCCCCC(C)NC(=NC)NCc1ccc(N2CCNC(=O)C2)cc1. The van der Waals surface area contributed by atoms with Crippen molar-refractivity contribution in [3.63, 3.8) is 0 Å². The minimum absolute atomic E-state index is 0.0879. The predicted octanol–water partition coefficient (Wildman–Crippen LogP) is 2.26. The first-order chi connectivity index (χ1) is 12.6. The lowest BCUT2D eigenvalue weighted by atomic mass is 10.1. The van der Waals surface area contributed by atoms with Crippen molar-refractivity contribution in [2.45, 2.75) is 52.1 Å². The van der Waals surface area contributed by atoms with Crippen LogP contribution >= 0.6 is 0 Å². The van der Waals surface area contributed by atoms with Crippen LogP contribution in [0.5, 0.6) is 0 Å². The van der Waals surface area contributed by atoms with Gasteiger partial charge < -0.3 is 20.9 Å². The van der Waals surface area contributed by atoms with E-state index in [9.17, 15) is 4.79 Å². The van der Waals surface area contributed by atoms with Gasteiger partial charge in [0.2, 0.25) is 5.91 Å². The van der Waals surface area contributed by atoms with E-state index in [0.29, 0.717) is 19.1 Å². The number of aliphatic imine (C=N–C) groups is 1. The molecule has 1 aliphatic heterocycles. The van der Waals surface area contributed by atoms with Gasteiger partial charge in [0, 0.05) is 38.4 Å². The van der Waals surface area contributed by atoms with Crippen molar-refractivity contribution in [2.75, 3.05) is 31.6 Å². The fourth-order valence-electron chi connectivity index (χ4n) is 3.07. The Morgan fingerprint density at radius 2 is 2.08 bits per heavy atom. The van der Waals surface area contributed by atoms with Crippen molar-refractivity contribution in [1.29, 1.82) is 0 Å². The van der Waals surface area contributed by atoms with Crippen LogP contribution in [-0.4, -0.2) is 44.6 Å². The second-order valence-corrected chi connectivity index (χ2v) is 6.90. The van der Waals surface area contributed by atoms with Crippen molar-refractivity contribution in [3.05, 3.63) is 29.8 Å². The number of anilines is 1. The first-order valence-electron chi connectivity index (χ1n) is 9.70. The van der Waals surface area contributed by atoms with E-state index in [4.69, 9.17) is 0 Å². The average Bonchev–Trinajstić information content (AvgIpc) is 2.65. The smallest absolute Gasteiger partial charge is 0.239 e. The zero-order valence-corrected chi connectivity index (χ0v) is 16.3. The molecular weight excluding hydrogens is 326 g/mol. The number of guanidine groups is 1. The van der Waals surface area contributed by atoms with Gasteiger partial charge in [0.15, 0.2) is 5.96 Å². The summed E-state index contributed by atoms with van der Waals surface area (Å²) in [5, 5.41) is 9.68. The van der Waals surface area contributed by atoms with Crippen LogP contribution in [0.2, 0.25) is 0 Å². The Morgan fingerprint density at radius 1 is 1.31 bits per heavy atom. The zero-order chi connectivity index (χ0) is 18.8. The maximum absolute atomic E-state index is 11.5. The molecule has 1 unspecified atom stereocenters. The summed E-state index contributed by atoms with van der Waals surface area (Å²) in [4.78, 5) is 17.9. The van der Waals surface area contributed by atoms with Gasteiger partial charge in [-0.1, -0.05) is 38.3 Å². The fraction of sp³-hybridized carbons (Fsp3) is 0.600. The lowest BCUT2D eigenvalue weighted by molar-refractivity contribution is -0.120. The molecule has 0 aliphatic carbocycles. The molecule has 1 heterocycles. The van der Waals surface area contributed by atoms with Gasteiger partial charge in [-0.2, -0.15) is 0 Å². The van der Waals surface area contributed by atoms with Gasteiger partial charge in [0.05, 0.1) is 6.54 Å². The van der Waals surface area contributed by atoms with Crippen LogP contribution < -0.4 is 20.9 Å². The van der Waals surface area contributed by atoms with Crippen molar-refractivity contribution in [2.24, 2.45) is 4.99 Å². The zero-order valence-electron chi connectivity index (χ0n) is 16.3. The van der Waals surface area contributed by atoms with Crippen molar-refractivity contribution < 1.29 is 4.79 Å². The number of amides is 1. The summed E-state index contributed by atoms with van der Waals surface area (Å²) >= 11 is 0. The van der Waals surface area contributed by atoms with Gasteiger partial charge >= 0.3 is 0 Å². The van der Waals surface area contributed by atoms with E-state index in [1.54, 1.807) is 7.05 Å². The van der Waals surface area contributed by atoms with Crippen molar-refractivity contribution in [3.8, 4) is 0 Å². The molecule has 1 aromatic carbocycles. The third-order valence-corrected chi connectivity index (χ3v) is 4.65. The predicted molar refractivity (Wildman–Crippen MR) is 109 cm³/mol. The average molecular weight is 360 g/mol. The van der Waals surface area contributed by atoms with E-state index in [-0.39, 0.29) is 5.91 Å². The summed E-state index contributed by atoms with van der Waals surface area (Å²) in [6.45, 7) is 7.15. The molecule has 1 saturated heterocycles. The largest absolute Gasteiger partial charge is 0.360 e. The highest BCUT2D eigenvalue weighted by molar-refractivity contribution is 5.82. The standard InChI is InChI=1S/C20H33N5O/c1-4-5-6-7-16(2)24-20(21-3)23-14-17-8-10-18(11-9-17)25-13-12-22-19(26)15-25/h8-11,16H,4-7,12-15H2,1-3H3,(H,22,26)(H2,21,23,24). The van der Waals surface area contributed by atoms with Crippen LogP contribution in [0.1, 0.15) is 45.1 Å². The summed E-state index contributed by atoms with van der Waals surface area (Å²) < 4.78 is 0. The number of carbonyl (C=O) groups is 1. The van der Waals surface area contributed by atoms with Crippen molar-refractivity contribution in [1.82, 2.24) is 16.0 Å². The molecule has 0 radical (unpaired) electrons. The minimum Gasteiger partial charge on any atom is -0.360 e. The van der Waals surface area contributed by atoms with Gasteiger partial charge in [-0.05, 0) is 31.0 Å². The van der Waals surface area contributed by atoms with Gasteiger partial charge in [-0.15, -0.1) is 0 Å². The number of hydrogen-bond donors (Lipinski definition) is 3. The topological polar surface area (TPSA) is 68.8 Å². The molecule has 1 atom stereocenters. The van der Waals surface area contributed by atoms with Crippen LogP contribution in [-0.2, 0) is 11.3 Å². The number of nitrogens with zero attached hydrogens (tertiary/aromatic N) is 2. The molecule has 1 amide bonds. The van der Waals surface area contributed by atoms with E-state index in [1.165, 1.54) is 24.8 Å². The molecule has 1 aliphatic rings. The Kier molecular flexibility index (Phi) is 8.25. The molecule has 6 heteroatoms. The van der Waals surface area contributed by atoms with Gasteiger partial charge in [0.1, 0.15) is 0 Å². The molecular formula is C20H33N5O. The first-order valence-corrected chi connectivity index (χ1v) is 9.70. The monoisotopic (exact) mass is 359 g/mol. The maximum atomic E-state index is 11.5. The summed E-state index contributed by atoms with van der Waals surface area (Å²) in [5.41, 5.74) is 2.28. The summed E-state index contributed by atoms with van der Waals surface area (Å²) in [7, 11) is 1.80. The molecule has 26 heavy (non-hydrogen) atoms. The molecule has 1 aromatic rings.